The molecule has 0 fully saturated rings. The van der Waals surface area contributed by atoms with Crippen molar-refractivity contribution in [2.45, 2.75) is 11.9 Å². The van der Waals surface area contributed by atoms with Gasteiger partial charge in [-0.15, -0.1) is 11.6 Å². The number of benzene rings is 1. The number of nitro benzene ring substituents is 1. The first kappa shape index (κ1) is 13.0. The van der Waals surface area contributed by atoms with E-state index in [9.17, 15) is 10.1 Å². The third-order valence-electron chi connectivity index (χ3n) is 2.34. The highest BCUT2D eigenvalue weighted by atomic mass is 35.5. The minimum absolute atomic E-state index is 0.0268. The number of aromatic nitrogens is 3. The summed E-state index contributed by atoms with van der Waals surface area (Å²) in [6.07, 6.45) is 1.43. The summed E-state index contributed by atoms with van der Waals surface area (Å²) in [5.74, 6) is 0.352. The number of alkyl halides is 1. The molecule has 2 aromatic rings. The summed E-state index contributed by atoms with van der Waals surface area (Å²) in [7, 11) is 0. The quantitative estimate of drug-likeness (QED) is 0.483. The van der Waals surface area contributed by atoms with Crippen LogP contribution >= 0.6 is 11.6 Å². The molecule has 0 aliphatic heterocycles. The molecule has 19 heavy (non-hydrogen) atoms. The van der Waals surface area contributed by atoms with Gasteiger partial charge in [-0.2, -0.15) is 10.4 Å². The molecule has 0 bridgehead atoms. The lowest BCUT2D eigenvalue weighted by atomic mass is 10.2. The van der Waals surface area contributed by atoms with Gasteiger partial charge in [0.05, 0.1) is 17.5 Å². The molecule has 0 aliphatic carbocycles. The molecule has 2 rings (SSSR count). The maximum absolute atomic E-state index is 10.7. The molecule has 0 N–H and O–H groups in total. The van der Waals surface area contributed by atoms with E-state index in [1.807, 2.05) is 6.07 Å². The van der Waals surface area contributed by atoms with Gasteiger partial charge in [0.2, 0.25) is 0 Å². The molecule has 1 heterocycles. The van der Waals surface area contributed by atoms with E-state index in [1.54, 1.807) is 12.1 Å². The molecule has 0 spiro atoms. The SMILES string of the molecule is N#CC(Cl)Cn1cnc(-c2cccc([N+](=O)[O-])c2)n1. The van der Waals surface area contributed by atoms with E-state index >= 15 is 0 Å². The van der Waals surface area contributed by atoms with Crippen molar-refractivity contribution >= 4 is 17.3 Å². The Morgan fingerprint density at radius 3 is 3.05 bits per heavy atom. The predicted octanol–water partition coefficient (Wildman–Crippen LogP) is 1.98. The summed E-state index contributed by atoms with van der Waals surface area (Å²) in [6.45, 7) is 0.208. The Hall–Kier alpha value is -2.46. The van der Waals surface area contributed by atoms with Gasteiger partial charge in [-0.05, 0) is 0 Å². The van der Waals surface area contributed by atoms with Crippen LogP contribution in [-0.4, -0.2) is 25.1 Å². The van der Waals surface area contributed by atoms with Crippen molar-refractivity contribution < 1.29 is 4.92 Å². The minimum atomic E-state index is -0.695. The summed E-state index contributed by atoms with van der Waals surface area (Å²) >= 11 is 5.68. The smallest absolute Gasteiger partial charge is 0.258 e. The number of hydrogen-bond donors (Lipinski definition) is 0. The fourth-order valence-corrected chi connectivity index (χ4v) is 1.62. The Balaban J connectivity index is 2.25. The number of hydrogen-bond acceptors (Lipinski definition) is 5. The maximum Gasteiger partial charge on any atom is 0.270 e. The molecule has 0 radical (unpaired) electrons. The van der Waals surface area contributed by atoms with E-state index in [-0.39, 0.29) is 12.2 Å². The summed E-state index contributed by atoms with van der Waals surface area (Å²) in [6, 6.07) is 7.90. The zero-order valence-electron chi connectivity index (χ0n) is 9.60. The van der Waals surface area contributed by atoms with Gasteiger partial charge in [-0.3, -0.25) is 10.1 Å². The Morgan fingerprint density at radius 2 is 2.37 bits per heavy atom. The van der Waals surface area contributed by atoms with Crippen LogP contribution in [-0.2, 0) is 6.54 Å². The second kappa shape index (κ2) is 5.46. The Labute approximate surface area is 113 Å². The topological polar surface area (TPSA) is 97.6 Å². The number of nitro groups is 1. The fraction of sp³-hybridized carbons (Fsp3) is 0.182. The number of non-ortho nitro benzene ring substituents is 1. The molecule has 1 unspecified atom stereocenters. The Kier molecular flexibility index (Phi) is 3.73. The van der Waals surface area contributed by atoms with Gasteiger partial charge in [-0.1, -0.05) is 12.1 Å². The molecule has 7 nitrogen and oxygen atoms in total. The van der Waals surface area contributed by atoms with Gasteiger partial charge in [0.15, 0.2) is 5.82 Å². The molecular weight excluding hydrogens is 270 g/mol. The zero-order valence-corrected chi connectivity index (χ0v) is 10.4. The lowest BCUT2D eigenvalue weighted by Gasteiger charge is -1.99. The average Bonchev–Trinajstić information content (AvgIpc) is 2.87. The standard InChI is InChI=1S/C11H8ClN5O2/c12-9(5-13)6-16-7-14-11(15-16)8-2-1-3-10(4-8)17(18)19/h1-4,7,9H,6H2. The molecular formula is C11H8ClN5O2. The van der Waals surface area contributed by atoms with Gasteiger partial charge in [0, 0.05) is 17.7 Å². The highest BCUT2D eigenvalue weighted by Gasteiger charge is 2.11. The average molecular weight is 278 g/mol. The third kappa shape index (κ3) is 3.05. The molecule has 0 aliphatic rings. The second-order valence-electron chi connectivity index (χ2n) is 3.69. The maximum atomic E-state index is 10.7. The summed E-state index contributed by atoms with van der Waals surface area (Å²) < 4.78 is 1.43. The lowest BCUT2D eigenvalue weighted by Crippen LogP contribution is -2.08. The van der Waals surface area contributed by atoms with E-state index in [2.05, 4.69) is 10.1 Å². The van der Waals surface area contributed by atoms with Crippen molar-refractivity contribution in [2.24, 2.45) is 0 Å². The summed E-state index contributed by atoms with van der Waals surface area (Å²) in [5, 5.41) is 22.7. The summed E-state index contributed by atoms with van der Waals surface area (Å²) in [5.41, 5.74) is 0.511. The lowest BCUT2D eigenvalue weighted by molar-refractivity contribution is -0.384. The van der Waals surface area contributed by atoms with Crippen molar-refractivity contribution in [1.82, 2.24) is 14.8 Å². The second-order valence-corrected chi connectivity index (χ2v) is 4.22. The molecule has 0 saturated carbocycles. The molecule has 8 heteroatoms. The van der Waals surface area contributed by atoms with Gasteiger partial charge in [-0.25, -0.2) is 9.67 Å². The van der Waals surface area contributed by atoms with Crippen LogP contribution in [0, 0.1) is 21.4 Å². The number of nitrogens with zero attached hydrogens (tertiary/aromatic N) is 5. The molecule has 1 atom stereocenters. The van der Waals surface area contributed by atoms with Crippen molar-refractivity contribution in [3.8, 4) is 17.5 Å². The van der Waals surface area contributed by atoms with E-state index < -0.39 is 10.3 Å². The van der Waals surface area contributed by atoms with E-state index in [0.717, 1.165) is 0 Å². The van der Waals surface area contributed by atoms with Gasteiger partial charge in [0.25, 0.3) is 5.69 Å². The predicted molar refractivity (Wildman–Crippen MR) is 67.4 cm³/mol. The largest absolute Gasteiger partial charge is 0.270 e. The Morgan fingerprint density at radius 1 is 1.58 bits per heavy atom. The van der Waals surface area contributed by atoms with Gasteiger partial charge >= 0.3 is 0 Å². The van der Waals surface area contributed by atoms with Crippen LogP contribution in [0.3, 0.4) is 0 Å². The van der Waals surface area contributed by atoms with Crippen LogP contribution in [0.2, 0.25) is 0 Å². The number of rotatable bonds is 4. The molecule has 96 valence electrons. The van der Waals surface area contributed by atoms with E-state index in [4.69, 9.17) is 16.9 Å². The van der Waals surface area contributed by atoms with Crippen molar-refractivity contribution in [2.75, 3.05) is 0 Å². The van der Waals surface area contributed by atoms with Gasteiger partial charge < -0.3 is 0 Å². The Bertz CT molecular complexity index is 649. The van der Waals surface area contributed by atoms with E-state index in [0.29, 0.717) is 11.4 Å². The highest BCUT2D eigenvalue weighted by Crippen LogP contribution is 2.20. The minimum Gasteiger partial charge on any atom is -0.258 e. The normalized spacial score (nSPS) is 11.8. The molecule has 1 aromatic carbocycles. The fourth-order valence-electron chi connectivity index (χ4n) is 1.48. The van der Waals surface area contributed by atoms with E-state index in [1.165, 1.54) is 23.1 Å². The zero-order chi connectivity index (χ0) is 13.8. The monoisotopic (exact) mass is 277 g/mol. The summed E-state index contributed by atoms with van der Waals surface area (Å²) in [4.78, 5) is 14.2. The van der Waals surface area contributed by atoms with Crippen LogP contribution in [0.4, 0.5) is 5.69 Å². The van der Waals surface area contributed by atoms with Crippen molar-refractivity contribution in [1.29, 1.82) is 5.26 Å². The van der Waals surface area contributed by atoms with Crippen LogP contribution in [0.25, 0.3) is 11.4 Å². The molecule has 1 aromatic heterocycles. The first-order valence-electron chi connectivity index (χ1n) is 5.28. The van der Waals surface area contributed by atoms with Crippen molar-refractivity contribution in [3.05, 3.63) is 40.7 Å². The van der Waals surface area contributed by atoms with Gasteiger partial charge in [0.1, 0.15) is 11.7 Å². The van der Waals surface area contributed by atoms with Crippen LogP contribution in [0.1, 0.15) is 0 Å². The first-order chi connectivity index (χ1) is 9.10. The number of nitriles is 1. The van der Waals surface area contributed by atoms with Crippen LogP contribution in [0.5, 0.6) is 0 Å². The number of halogens is 1. The molecule has 0 amide bonds. The van der Waals surface area contributed by atoms with Crippen molar-refractivity contribution in [3.63, 3.8) is 0 Å². The third-order valence-corrected chi connectivity index (χ3v) is 2.57. The van der Waals surface area contributed by atoms with Crippen LogP contribution in [0.15, 0.2) is 30.6 Å². The first-order valence-corrected chi connectivity index (χ1v) is 5.72. The van der Waals surface area contributed by atoms with Crippen LogP contribution < -0.4 is 0 Å². The molecule has 0 saturated heterocycles. The highest BCUT2D eigenvalue weighted by molar-refractivity contribution is 6.22.